The maximum absolute atomic E-state index is 12.7. The van der Waals surface area contributed by atoms with E-state index in [-0.39, 0.29) is 12.0 Å². The van der Waals surface area contributed by atoms with Gasteiger partial charge in [0.25, 0.3) is 0 Å². The van der Waals surface area contributed by atoms with Gasteiger partial charge in [-0.15, -0.1) is 0 Å². The third kappa shape index (κ3) is 2.95. The number of benzene rings is 2. The molecule has 1 fully saturated rings. The Morgan fingerprint density at radius 2 is 1.95 bits per heavy atom. The molecule has 0 bridgehead atoms. The van der Waals surface area contributed by atoms with Gasteiger partial charge in [0.1, 0.15) is 0 Å². The van der Waals surface area contributed by atoms with Gasteiger partial charge in [0.15, 0.2) is 0 Å². The second-order valence-corrected chi connectivity index (χ2v) is 7.19. The Morgan fingerprint density at radius 1 is 1.19 bits per heavy atom. The van der Waals surface area contributed by atoms with Gasteiger partial charge in [0, 0.05) is 24.0 Å². The standard InChI is InChI=1S/C16H19NO3S/c1-12(14-9-10-20-11-14)17-21(18,19)16-8-4-6-13-5-2-3-7-15(13)16/h2-8,12,14,17H,9-11H2,1H3. The van der Waals surface area contributed by atoms with Crippen LogP contribution in [0.3, 0.4) is 0 Å². The van der Waals surface area contributed by atoms with Crippen LogP contribution in [0.15, 0.2) is 47.4 Å². The lowest BCUT2D eigenvalue weighted by Gasteiger charge is -2.19. The van der Waals surface area contributed by atoms with Crippen LogP contribution >= 0.6 is 0 Å². The first kappa shape index (κ1) is 14.5. The van der Waals surface area contributed by atoms with Crippen LogP contribution in [0.4, 0.5) is 0 Å². The molecule has 1 saturated heterocycles. The van der Waals surface area contributed by atoms with E-state index in [4.69, 9.17) is 4.74 Å². The first-order chi connectivity index (χ1) is 10.1. The summed E-state index contributed by atoms with van der Waals surface area (Å²) in [4.78, 5) is 0.339. The molecule has 1 aliphatic heterocycles. The van der Waals surface area contributed by atoms with Crippen molar-refractivity contribution in [1.29, 1.82) is 0 Å². The highest BCUT2D eigenvalue weighted by Crippen LogP contribution is 2.24. The van der Waals surface area contributed by atoms with Crippen LogP contribution in [0.2, 0.25) is 0 Å². The van der Waals surface area contributed by atoms with E-state index in [9.17, 15) is 8.42 Å². The SMILES string of the molecule is CC(NS(=O)(=O)c1cccc2ccccc12)C1CCOC1. The molecule has 0 radical (unpaired) electrons. The summed E-state index contributed by atoms with van der Waals surface area (Å²) < 4.78 is 33.5. The third-order valence-corrected chi connectivity index (χ3v) is 5.67. The Bertz CT molecular complexity index is 731. The minimum absolute atomic E-state index is 0.128. The van der Waals surface area contributed by atoms with E-state index in [1.165, 1.54) is 0 Å². The van der Waals surface area contributed by atoms with Crippen LogP contribution in [0.5, 0.6) is 0 Å². The van der Waals surface area contributed by atoms with Gasteiger partial charge in [-0.3, -0.25) is 0 Å². The predicted molar refractivity (Wildman–Crippen MR) is 82.7 cm³/mol. The summed E-state index contributed by atoms with van der Waals surface area (Å²) in [5.41, 5.74) is 0. The average Bonchev–Trinajstić information content (AvgIpc) is 3.00. The maximum atomic E-state index is 12.7. The predicted octanol–water partition coefficient (Wildman–Crippen LogP) is 2.54. The fourth-order valence-corrected chi connectivity index (χ4v) is 4.32. The van der Waals surface area contributed by atoms with E-state index in [0.717, 1.165) is 17.2 Å². The van der Waals surface area contributed by atoms with Crippen molar-refractivity contribution in [3.8, 4) is 0 Å². The summed E-state index contributed by atoms with van der Waals surface area (Å²) in [7, 11) is -3.53. The Balaban J connectivity index is 1.93. The highest BCUT2D eigenvalue weighted by molar-refractivity contribution is 7.89. The Kier molecular flexibility index (Phi) is 3.97. The third-order valence-electron chi connectivity index (χ3n) is 4.05. The molecule has 5 heteroatoms. The Labute approximate surface area is 125 Å². The fourth-order valence-electron chi connectivity index (χ4n) is 2.78. The molecular weight excluding hydrogens is 286 g/mol. The molecule has 21 heavy (non-hydrogen) atoms. The zero-order valence-corrected chi connectivity index (χ0v) is 12.8. The zero-order chi connectivity index (χ0) is 14.9. The molecule has 0 aromatic heterocycles. The lowest BCUT2D eigenvalue weighted by Crippen LogP contribution is -2.38. The lowest BCUT2D eigenvalue weighted by atomic mass is 10.0. The van der Waals surface area contributed by atoms with Gasteiger partial charge in [0.05, 0.1) is 11.5 Å². The van der Waals surface area contributed by atoms with E-state index >= 15 is 0 Å². The molecule has 0 spiro atoms. The molecule has 1 aliphatic rings. The smallest absolute Gasteiger partial charge is 0.241 e. The van der Waals surface area contributed by atoms with Crippen molar-refractivity contribution in [2.45, 2.75) is 24.3 Å². The van der Waals surface area contributed by atoms with Gasteiger partial charge in [-0.05, 0) is 24.8 Å². The van der Waals surface area contributed by atoms with Gasteiger partial charge in [-0.1, -0.05) is 36.4 Å². The molecule has 2 aromatic rings. The van der Waals surface area contributed by atoms with Crippen molar-refractivity contribution in [2.75, 3.05) is 13.2 Å². The number of hydrogen-bond donors (Lipinski definition) is 1. The number of hydrogen-bond acceptors (Lipinski definition) is 3. The normalized spacial score (nSPS) is 20.7. The average molecular weight is 305 g/mol. The second kappa shape index (κ2) is 5.75. The largest absolute Gasteiger partial charge is 0.381 e. The summed E-state index contributed by atoms with van der Waals surface area (Å²) in [6, 6.07) is 12.7. The van der Waals surface area contributed by atoms with Crippen LogP contribution in [0.25, 0.3) is 10.8 Å². The molecule has 3 rings (SSSR count). The van der Waals surface area contributed by atoms with Crippen LogP contribution in [0.1, 0.15) is 13.3 Å². The monoisotopic (exact) mass is 305 g/mol. The van der Waals surface area contributed by atoms with Gasteiger partial charge >= 0.3 is 0 Å². The highest BCUT2D eigenvalue weighted by atomic mass is 32.2. The molecule has 2 aromatic carbocycles. The van der Waals surface area contributed by atoms with E-state index in [1.807, 2.05) is 37.3 Å². The van der Waals surface area contributed by atoms with Crippen molar-refractivity contribution in [3.05, 3.63) is 42.5 Å². The summed E-state index contributed by atoms with van der Waals surface area (Å²) in [5.74, 6) is 0.245. The van der Waals surface area contributed by atoms with Gasteiger partial charge in [-0.25, -0.2) is 13.1 Å². The quantitative estimate of drug-likeness (QED) is 0.944. The molecule has 2 unspecified atom stereocenters. The minimum atomic E-state index is -3.53. The van der Waals surface area contributed by atoms with Crippen LogP contribution in [-0.2, 0) is 14.8 Å². The van der Waals surface area contributed by atoms with Crippen molar-refractivity contribution >= 4 is 20.8 Å². The van der Waals surface area contributed by atoms with Gasteiger partial charge in [0.2, 0.25) is 10.0 Å². The molecule has 0 amide bonds. The Hall–Kier alpha value is -1.43. The maximum Gasteiger partial charge on any atom is 0.241 e. The lowest BCUT2D eigenvalue weighted by molar-refractivity contribution is 0.180. The molecule has 1 heterocycles. The molecule has 112 valence electrons. The highest BCUT2D eigenvalue weighted by Gasteiger charge is 2.27. The first-order valence-electron chi connectivity index (χ1n) is 7.16. The second-order valence-electron chi connectivity index (χ2n) is 5.51. The molecule has 0 saturated carbocycles. The summed E-state index contributed by atoms with van der Waals surface area (Å²) >= 11 is 0. The van der Waals surface area contributed by atoms with Crippen LogP contribution < -0.4 is 4.72 Å². The molecular formula is C16H19NO3S. The van der Waals surface area contributed by atoms with E-state index < -0.39 is 10.0 Å². The van der Waals surface area contributed by atoms with Gasteiger partial charge < -0.3 is 4.74 Å². The fraction of sp³-hybridized carbons (Fsp3) is 0.375. The molecule has 4 nitrogen and oxygen atoms in total. The van der Waals surface area contributed by atoms with Crippen molar-refractivity contribution in [1.82, 2.24) is 4.72 Å². The number of nitrogens with one attached hydrogen (secondary N) is 1. The molecule has 0 aliphatic carbocycles. The first-order valence-corrected chi connectivity index (χ1v) is 8.64. The molecule has 1 N–H and O–H groups in total. The van der Waals surface area contributed by atoms with Crippen molar-refractivity contribution in [2.24, 2.45) is 5.92 Å². The van der Waals surface area contributed by atoms with Crippen molar-refractivity contribution in [3.63, 3.8) is 0 Å². The van der Waals surface area contributed by atoms with E-state index in [2.05, 4.69) is 4.72 Å². The topological polar surface area (TPSA) is 55.4 Å². The molecule has 2 atom stereocenters. The number of sulfonamides is 1. The number of ether oxygens (including phenoxy) is 1. The zero-order valence-electron chi connectivity index (χ0n) is 12.0. The summed E-state index contributed by atoms with van der Waals surface area (Å²) in [5, 5.41) is 1.68. The van der Waals surface area contributed by atoms with Crippen LogP contribution in [0, 0.1) is 5.92 Å². The number of rotatable bonds is 4. The minimum Gasteiger partial charge on any atom is -0.381 e. The van der Waals surface area contributed by atoms with Gasteiger partial charge in [-0.2, -0.15) is 0 Å². The summed E-state index contributed by atoms with van der Waals surface area (Å²) in [6.07, 6.45) is 0.902. The number of fused-ring (bicyclic) bond motifs is 1. The van der Waals surface area contributed by atoms with E-state index in [1.54, 1.807) is 12.1 Å². The Morgan fingerprint density at radius 3 is 2.71 bits per heavy atom. The van der Waals surface area contributed by atoms with Crippen LogP contribution in [-0.4, -0.2) is 27.7 Å². The summed E-state index contributed by atoms with van der Waals surface area (Å²) in [6.45, 7) is 3.24. The van der Waals surface area contributed by atoms with Crippen molar-refractivity contribution < 1.29 is 13.2 Å². The van der Waals surface area contributed by atoms with E-state index in [0.29, 0.717) is 18.1 Å².